The number of nitrogens with two attached hydrogens (primary N) is 1. The van der Waals surface area contributed by atoms with Crippen molar-refractivity contribution in [3.63, 3.8) is 0 Å². The molecular formula is C15H29NO. The minimum absolute atomic E-state index is 0.0112. The zero-order chi connectivity index (χ0) is 12.6. The predicted octanol–water partition coefficient (Wildman–Crippen LogP) is 3.23. The Morgan fingerprint density at radius 1 is 0.941 bits per heavy atom. The molecule has 0 radical (unpaired) electrons. The summed E-state index contributed by atoms with van der Waals surface area (Å²) in [7, 11) is 0. The van der Waals surface area contributed by atoms with E-state index < -0.39 is 5.60 Å². The Kier molecular flexibility index (Phi) is 3.57. The number of hydrogen-bond donors (Lipinski definition) is 2. The number of aliphatic hydroxyl groups is 1. The van der Waals surface area contributed by atoms with Gasteiger partial charge in [-0.05, 0) is 37.5 Å². The highest BCUT2D eigenvalue weighted by molar-refractivity contribution is 5.06. The molecule has 0 spiro atoms. The van der Waals surface area contributed by atoms with Crippen LogP contribution in [0.15, 0.2) is 0 Å². The van der Waals surface area contributed by atoms with Crippen molar-refractivity contribution in [3.8, 4) is 0 Å². The highest BCUT2D eigenvalue weighted by Gasteiger charge is 2.54. The van der Waals surface area contributed by atoms with Crippen molar-refractivity contribution in [3.05, 3.63) is 0 Å². The topological polar surface area (TPSA) is 46.2 Å². The molecule has 0 bridgehead atoms. The van der Waals surface area contributed by atoms with Gasteiger partial charge in [0.1, 0.15) is 0 Å². The van der Waals surface area contributed by atoms with Gasteiger partial charge in [-0.2, -0.15) is 0 Å². The van der Waals surface area contributed by atoms with Crippen LogP contribution >= 0.6 is 0 Å². The summed E-state index contributed by atoms with van der Waals surface area (Å²) < 4.78 is 0. The molecule has 2 nitrogen and oxygen atoms in total. The number of hydrogen-bond acceptors (Lipinski definition) is 2. The quantitative estimate of drug-likeness (QED) is 0.727. The zero-order valence-electron chi connectivity index (χ0n) is 11.6. The first-order valence-corrected chi connectivity index (χ1v) is 7.36. The van der Waals surface area contributed by atoms with Gasteiger partial charge >= 0.3 is 0 Å². The molecule has 0 aromatic carbocycles. The fourth-order valence-corrected chi connectivity index (χ4v) is 4.23. The lowest BCUT2D eigenvalue weighted by atomic mass is 9.65. The van der Waals surface area contributed by atoms with E-state index in [1.165, 1.54) is 25.7 Å². The van der Waals surface area contributed by atoms with E-state index in [4.69, 9.17) is 5.73 Å². The molecular weight excluding hydrogens is 210 g/mol. The normalized spacial score (nSPS) is 36.7. The van der Waals surface area contributed by atoms with Crippen LogP contribution in [0.3, 0.4) is 0 Å². The first kappa shape index (κ1) is 13.4. The summed E-state index contributed by atoms with van der Waals surface area (Å²) in [6.07, 6.45) is 10.5. The van der Waals surface area contributed by atoms with Crippen LogP contribution in [0.2, 0.25) is 0 Å². The molecule has 0 aliphatic heterocycles. The Bertz CT molecular complexity index is 266. The van der Waals surface area contributed by atoms with Crippen molar-refractivity contribution in [2.45, 2.75) is 77.2 Å². The summed E-state index contributed by atoms with van der Waals surface area (Å²) in [5.41, 5.74) is 5.92. The van der Waals surface area contributed by atoms with Crippen molar-refractivity contribution in [2.75, 3.05) is 6.54 Å². The maximum absolute atomic E-state index is 11.1. The van der Waals surface area contributed by atoms with Gasteiger partial charge in [0.2, 0.25) is 0 Å². The Morgan fingerprint density at radius 3 is 1.94 bits per heavy atom. The lowest BCUT2D eigenvalue weighted by Gasteiger charge is -2.45. The average molecular weight is 239 g/mol. The van der Waals surface area contributed by atoms with E-state index in [0.717, 1.165) is 32.1 Å². The van der Waals surface area contributed by atoms with Gasteiger partial charge in [0.05, 0.1) is 5.60 Å². The van der Waals surface area contributed by atoms with E-state index in [9.17, 15) is 5.11 Å². The van der Waals surface area contributed by atoms with Crippen molar-refractivity contribution < 1.29 is 5.11 Å². The molecule has 2 rings (SSSR count). The second kappa shape index (κ2) is 4.55. The third kappa shape index (κ3) is 2.39. The Hall–Kier alpha value is -0.0800. The fraction of sp³-hybridized carbons (Fsp3) is 1.00. The smallest absolute Gasteiger partial charge is 0.0721 e. The molecule has 0 aromatic rings. The molecule has 2 fully saturated rings. The van der Waals surface area contributed by atoms with Gasteiger partial charge in [-0.15, -0.1) is 0 Å². The van der Waals surface area contributed by atoms with E-state index in [1.807, 2.05) is 0 Å². The summed E-state index contributed by atoms with van der Waals surface area (Å²) in [4.78, 5) is 0. The highest BCUT2D eigenvalue weighted by atomic mass is 16.3. The molecule has 2 aliphatic carbocycles. The van der Waals surface area contributed by atoms with Crippen LogP contribution < -0.4 is 5.73 Å². The van der Waals surface area contributed by atoms with Crippen LogP contribution in [-0.2, 0) is 0 Å². The maximum atomic E-state index is 11.1. The van der Waals surface area contributed by atoms with Gasteiger partial charge in [-0.25, -0.2) is 0 Å². The van der Waals surface area contributed by atoms with E-state index in [-0.39, 0.29) is 5.41 Å². The first-order chi connectivity index (χ1) is 7.93. The first-order valence-electron chi connectivity index (χ1n) is 7.36. The van der Waals surface area contributed by atoms with Crippen LogP contribution in [0.1, 0.15) is 71.6 Å². The van der Waals surface area contributed by atoms with E-state index in [1.54, 1.807) is 0 Å². The minimum atomic E-state index is -0.490. The summed E-state index contributed by atoms with van der Waals surface area (Å²) in [5, 5.41) is 11.1. The fourth-order valence-electron chi connectivity index (χ4n) is 4.23. The second-order valence-electron chi connectivity index (χ2n) is 7.27. The van der Waals surface area contributed by atoms with E-state index in [0.29, 0.717) is 12.0 Å². The van der Waals surface area contributed by atoms with E-state index in [2.05, 4.69) is 13.8 Å². The molecule has 2 heteroatoms. The summed E-state index contributed by atoms with van der Waals surface area (Å²) in [5.74, 6) is 0. The molecule has 0 saturated heterocycles. The third-order valence-electron chi connectivity index (χ3n) is 5.42. The Balaban J connectivity index is 2.21. The van der Waals surface area contributed by atoms with Crippen LogP contribution in [-0.4, -0.2) is 17.3 Å². The van der Waals surface area contributed by atoms with Crippen LogP contribution in [0.4, 0.5) is 0 Å². The maximum Gasteiger partial charge on any atom is 0.0721 e. The van der Waals surface area contributed by atoms with Crippen LogP contribution in [0.25, 0.3) is 0 Å². The predicted molar refractivity (Wildman–Crippen MR) is 71.8 cm³/mol. The van der Waals surface area contributed by atoms with Crippen molar-refractivity contribution in [1.82, 2.24) is 0 Å². The van der Waals surface area contributed by atoms with Gasteiger partial charge in [0.25, 0.3) is 0 Å². The van der Waals surface area contributed by atoms with Gasteiger partial charge in [-0.3, -0.25) is 0 Å². The molecule has 1 atom stereocenters. The van der Waals surface area contributed by atoms with Crippen LogP contribution in [0.5, 0.6) is 0 Å². The van der Waals surface area contributed by atoms with Crippen LogP contribution in [0, 0.1) is 10.8 Å². The van der Waals surface area contributed by atoms with Gasteiger partial charge in [0, 0.05) is 12.0 Å². The molecule has 3 N–H and O–H groups in total. The monoisotopic (exact) mass is 239 g/mol. The molecule has 2 saturated carbocycles. The molecule has 100 valence electrons. The Labute approximate surface area is 106 Å². The molecule has 0 heterocycles. The largest absolute Gasteiger partial charge is 0.389 e. The SMILES string of the molecule is CC1(C)CCC(O)(C2(CN)CCCCCC2)C1. The highest BCUT2D eigenvalue weighted by Crippen LogP contribution is 2.55. The molecule has 0 amide bonds. The average Bonchev–Trinajstić information content (AvgIpc) is 2.49. The van der Waals surface area contributed by atoms with Crippen molar-refractivity contribution in [2.24, 2.45) is 16.6 Å². The summed E-state index contributed by atoms with van der Waals surface area (Å²) >= 11 is 0. The third-order valence-corrected chi connectivity index (χ3v) is 5.42. The summed E-state index contributed by atoms with van der Waals surface area (Å²) in [6.45, 7) is 5.23. The van der Waals surface area contributed by atoms with Crippen molar-refractivity contribution in [1.29, 1.82) is 0 Å². The van der Waals surface area contributed by atoms with Gasteiger partial charge in [-0.1, -0.05) is 39.5 Å². The molecule has 2 aliphatic rings. The minimum Gasteiger partial charge on any atom is -0.389 e. The van der Waals surface area contributed by atoms with Gasteiger partial charge < -0.3 is 10.8 Å². The second-order valence-corrected chi connectivity index (χ2v) is 7.27. The lowest BCUT2D eigenvalue weighted by molar-refractivity contribution is -0.0900. The lowest BCUT2D eigenvalue weighted by Crippen LogP contribution is -2.51. The Morgan fingerprint density at radius 2 is 1.53 bits per heavy atom. The summed E-state index contributed by atoms with van der Waals surface area (Å²) in [6, 6.07) is 0. The molecule has 1 unspecified atom stereocenters. The van der Waals surface area contributed by atoms with E-state index >= 15 is 0 Å². The van der Waals surface area contributed by atoms with Gasteiger partial charge in [0.15, 0.2) is 0 Å². The standard InChI is InChI=1S/C15H29NO/c1-13(2)9-10-15(17,11-13)14(12-16)7-5-3-4-6-8-14/h17H,3-12,16H2,1-2H3. The molecule has 17 heavy (non-hydrogen) atoms. The zero-order valence-corrected chi connectivity index (χ0v) is 11.6. The molecule has 0 aromatic heterocycles. The van der Waals surface area contributed by atoms with Crippen molar-refractivity contribution >= 4 is 0 Å². The number of rotatable bonds is 2.